The summed E-state index contributed by atoms with van der Waals surface area (Å²) in [6, 6.07) is 51.5. The summed E-state index contributed by atoms with van der Waals surface area (Å²) in [5.41, 5.74) is 17.3. The Morgan fingerprint density at radius 3 is 1.55 bits per heavy atom. The zero-order valence-electron chi connectivity index (χ0n) is 31.0. The number of allylic oxidation sites excluding steroid dienone is 4. The first-order chi connectivity index (χ1) is 28.8. The fourth-order valence-electron chi connectivity index (χ4n) is 12.8. The molecule has 1 atom stereocenters. The quantitative estimate of drug-likeness (QED) is 0.148. The van der Waals surface area contributed by atoms with E-state index in [0.29, 0.717) is 6.04 Å². The molecule has 4 nitrogen and oxygen atoms in total. The maximum atomic E-state index is 2.70. The van der Waals surface area contributed by atoms with Crippen molar-refractivity contribution in [2.75, 3.05) is 0 Å². The number of fused-ring (bicyclic) bond motifs is 26. The lowest BCUT2D eigenvalue weighted by atomic mass is 9.93. The molecule has 8 aromatic carbocycles. The highest BCUT2D eigenvalue weighted by Crippen LogP contribution is 2.54. The minimum Gasteiger partial charge on any atom is -0.331 e. The third-order valence-corrected chi connectivity index (χ3v) is 14.8. The van der Waals surface area contributed by atoms with Gasteiger partial charge in [0.1, 0.15) is 0 Å². The van der Waals surface area contributed by atoms with Crippen LogP contribution in [0.15, 0.2) is 152 Å². The van der Waals surface area contributed by atoms with Gasteiger partial charge in [-0.3, -0.25) is 0 Å². The number of para-hydroxylation sites is 5. The molecular formula is C54H28N4. The van der Waals surface area contributed by atoms with E-state index in [0.717, 1.165) is 6.42 Å². The maximum absolute atomic E-state index is 2.70. The molecule has 2 aliphatic rings. The van der Waals surface area contributed by atoms with E-state index < -0.39 is 0 Å². The van der Waals surface area contributed by atoms with Crippen molar-refractivity contribution in [3.63, 3.8) is 0 Å². The molecule has 1 aliphatic carbocycles. The van der Waals surface area contributed by atoms with Crippen LogP contribution in [0.3, 0.4) is 0 Å². The van der Waals surface area contributed by atoms with Crippen LogP contribution in [-0.2, 0) is 0 Å². The van der Waals surface area contributed by atoms with Crippen molar-refractivity contribution >= 4 is 142 Å². The van der Waals surface area contributed by atoms with Gasteiger partial charge in [0, 0.05) is 81.0 Å². The highest BCUT2D eigenvalue weighted by atomic mass is 15.1. The lowest BCUT2D eigenvalue weighted by Gasteiger charge is -2.19. The van der Waals surface area contributed by atoms with Gasteiger partial charge >= 0.3 is 0 Å². The average Bonchev–Trinajstić information content (AvgIpc) is 4.15. The highest BCUT2D eigenvalue weighted by molar-refractivity contribution is 6.39. The largest absolute Gasteiger partial charge is 0.331 e. The van der Waals surface area contributed by atoms with E-state index in [1.807, 2.05) is 0 Å². The van der Waals surface area contributed by atoms with E-state index in [9.17, 15) is 0 Å². The summed E-state index contributed by atoms with van der Waals surface area (Å²) in [4.78, 5) is 0. The van der Waals surface area contributed by atoms with Crippen molar-refractivity contribution in [2.45, 2.75) is 12.5 Å². The first kappa shape index (κ1) is 27.9. The topological polar surface area (TPSA) is 18.2 Å². The Bertz CT molecular complexity index is 4520. The van der Waals surface area contributed by atoms with E-state index in [1.54, 1.807) is 0 Å². The van der Waals surface area contributed by atoms with Crippen molar-refractivity contribution in [3.8, 4) is 0 Å². The minimum atomic E-state index is 0.319. The SMILES string of the molecule is C1=CCC2C(=C1)c1cccc3c4cc5c6cc7c(cc6n6c8ccccc8c(c4n2c13)c56)c1cc2c3cccc4c5ccccc5n(c43)c2c2c3ccccc3n7c12. The molecule has 0 saturated carbocycles. The number of nitrogens with zero attached hydrogens (tertiary/aromatic N) is 4. The molecule has 7 aromatic heterocycles. The number of hydrogen-bond donors (Lipinski definition) is 0. The molecule has 58 heavy (non-hydrogen) atoms. The summed E-state index contributed by atoms with van der Waals surface area (Å²) in [5.74, 6) is 0. The Morgan fingerprint density at radius 2 is 0.862 bits per heavy atom. The summed E-state index contributed by atoms with van der Waals surface area (Å²) in [6.45, 7) is 0. The Kier molecular flexibility index (Phi) is 4.27. The number of benzene rings is 8. The number of aromatic nitrogens is 4. The van der Waals surface area contributed by atoms with Gasteiger partial charge in [-0.15, -0.1) is 0 Å². The van der Waals surface area contributed by atoms with Gasteiger partial charge in [-0.2, -0.15) is 0 Å². The summed E-state index contributed by atoms with van der Waals surface area (Å²) in [6.07, 6.45) is 7.96. The highest BCUT2D eigenvalue weighted by Gasteiger charge is 2.34. The normalized spacial score (nSPS) is 16.1. The van der Waals surface area contributed by atoms with Crippen molar-refractivity contribution in [3.05, 3.63) is 157 Å². The Morgan fingerprint density at radius 1 is 0.362 bits per heavy atom. The second kappa shape index (κ2) is 8.86. The van der Waals surface area contributed by atoms with Crippen LogP contribution >= 0.6 is 0 Å². The zero-order chi connectivity index (χ0) is 36.9. The van der Waals surface area contributed by atoms with E-state index in [2.05, 4.69) is 169 Å². The molecule has 0 amide bonds. The summed E-state index contributed by atoms with van der Waals surface area (Å²) in [5, 5.41) is 18.7. The van der Waals surface area contributed by atoms with Crippen molar-refractivity contribution < 1.29 is 0 Å². The van der Waals surface area contributed by atoms with Gasteiger partial charge in [-0.05, 0) is 54.5 Å². The molecule has 0 saturated heterocycles. The van der Waals surface area contributed by atoms with Gasteiger partial charge in [-0.25, -0.2) is 0 Å². The lowest BCUT2D eigenvalue weighted by Crippen LogP contribution is -2.05. The monoisotopic (exact) mass is 732 g/mol. The molecule has 0 N–H and O–H groups in total. The summed E-state index contributed by atoms with van der Waals surface area (Å²) in [7, 11) is 0. The molecule has 0 radical (unpaired) electrons. The van der Waals surface area contributed by atoms with E-state index in [-0.39, 0.29) is 0 Å². The molecule has 0 bridgehead atoms. The third-order valence-electron chi connectivity index (χ3n) is 14.8. The molecule has 15 aromatic rings. The van der Waals surface area contributed by atoms with E-state index in [1.165, 1.54) is 147 Å². The van der Waals surface area contributed by atoms with Crippen molar-refractivity contribution in [1.29, 1.82) is 0 Å². The second-order valence-corrected chi connectivity index (χ2v) is 17.1. The summed E-state index contributed by atoms with van der Waals surface area (Å²) < 4.78 is 10.5. The van der Waals surface area contributed by atoms with Gasteiger partial charge < -0.3 is 17.8 Å². The van der Waals surface area contributed by atoms with E-state index >= 15 is 0 Å². The first-order valence-electron chi connectivity index (χ1n) is 20.6. The Balaban J connectivity index is 1.11. The van der Waals surface area contributed by atoms with Crippen LogP contribution in [0, 0.1) is 0 Å². The number of rotatable bonds is 0. The van der Waals surface area contributed by atoms with Crippen LogP contribution in [0.5, 0.6) is 0 Å². The van der Waals surface area contributed by atoms with Gasteiger partial charge in [-0.1, -0.05) is 109 Å². The predicted molar refractivity (Wildman–Crippen MR) is 244 cm³/mol. The summed E-state index contributed by atoms with van der Waals surface area (Å²) >= 11 is 0. The smallest absolute Gasteiger partial charge is 0.0642 e. The van der Waals surface area contributed by atoms with Crippen LogP contribution in [0.1, 0.15) is 18.0 Å². The standard InChI is InChI=1S/C54H28N4/c1-5-19-41-27(11-1)29-15-9-17-31-37-23-39-35-25-46-36(26-45(35)55-43-21-7-3-13-33(43)47(51(39)55)53(37)57(41)49(29)31)40-24-38-32-18-10-16-30-28-12-2-6-20-42(28)58(50(30)32)54(38)48-34-14-4-8-22-44(34)56(46)52(40)48/h1-19,21-26,42H,20H2. The van der Waals surface area contributed by atoms with Gasteiger partial charge in [0.25, 0.3) is 0 Å². The van der Waals surface area contributed by atoms with Crippen LogP contribution < -0.4 is 0 Å². The molecule has 8 heterocycles. The van der Waals surface area contributed by atoms with E-state index in [4.69, 9.17) is 0 Å². The lowest BCUT2D eigenvalue weighted by molar-refractivity contribution is 0.686. The van der Waals surface area contributed by atoms with Gasteiger partial charge in [0.2, 0.25) is 0 Å². The zero-order valence-corrected chi connectivity index (χ0v) is 31.0. The van der Waals surface area contributed by atoms with Crippen LogP contribution in [-0.4, -0.2) is 17.8 Å². The van der Waals surface area contributed by atoms with Gasteiger partial charge in [0.15, 0.2) is 0 Å². The van der Waals surface area contributed by atoms with Crippen LogP contribution in [0.4, 0.5) is 0 Å². The van der Waals surface area contributed by atoms with Crippen molar-refractivity contribution in [2.24, 2.45) is 0 Å². The molecule has 0 fully saturated rings. The Hall–Kier alpha value is -7.56. The van der Waals surface area contributed by atoms with Gasteiger partial charge in [0.05, 0.1) is 66.7 Å². The third kappa shape index (κ3) is 2.71. The van der Waals surface area contributed by atoms with Crippen LogP contribution in [0.2, 0.25) is 0 Å². The number of hydrogen-bond acceptors (Lipinski definition) is 0. The minimum absolute atomic E-state index is 0.319. The fourth-order valence-corrected chi connectivity index (χ4v) is 12.8. The first-order valence-corrected chi connectivity index (χ1v) is 20.6. The van der Waals surface area contributed by atoms with Crippen molar-refractivity contribution in [1.82, 2.24) is 17.8 Å². The second-order valence-electron chi connectivity index (χ2n) is 17.1. The van der Waals surface area contributed by atoms with Crippen LogP contribution in [0.25, 0.3) is 142 Å². The molecule has 0 spiro atoms. The fraction of sp³-hybridized carbons (Fsp3) is 0.0370. The molecule has 4 heteroatoms. The molecule has 17 rings (SSSR count). The predicted octanol–water partition coefficient (Wildman–Crippen LogP) is 14.1. The average molecular weight is 733 g/mol. The molecule has 1 unspecified atom stereocenters. The molecule has 264 valence electrons. The maximum Gasteiger partial charge on any atom is 0.0642 e. The molecular weight excluding hydrogens is 705 g/mol. The molecule has 1 aliphatic heterocycles. The Labute approximate surface area is 327 Å².